The van der Waals surface area contributed by atoms with Gasteiger partial charge in [-0.3, -0.25) is 4.55 Å². The van der Waals surface area contributed by atoms with Crippen LogP contribution in [0.1, 0.15) is 119 Å². The number of aryl methyl sites for hydroxylation is 3. The van der Waals surface area contributed by atoms with Crippen LogP contribution in [0.5, 0.6) is 0 Å². The summed E-state index contributed by atoms with van der Waals surface area (Å²) in [7, 11) is -14.8. The summed E-state index contributed by atoms with van der Waals surface area (Å²) in [6.45, 7) is 21.7. The summed E-state index contributed by atoms with van der Waals surface area (Å²) < 4.78 is 96.3. The zero-order valence-corrected chi connectivity index (χ0v) is 30.3. The third kappa shape index (κ3) is 6.55. The van der Waals surface area contributed by atoms with Gasteiger partial charge in [0.1, 0.15) is 9.79 Å². The molecule has 0 aliphatic heterocycles. The van der Waals surface area contributed by atoms with Gasteiger partial charge in [0.05, 0.1) is 14.7 Å². The van der Waals surface area contributed by atoms with Crippen LogP contribution < -0.4 is 0 Å². The first-order chi connectivity index (χ1) is 19.8. The molecule has 0 amide bonds. The van der Waals surface area contributed by atoms with Gasteiger partial charge in [0.25, 0.3) is 10.1 Å². The van der Waals surface area contributed by atoms with Crippen molar-refractivity contribution in [3.05, 3.63) is 75.3 Å². The molecular weight excluding hydrogens is 617 g/mol. The highest BCUT2D eigenvalue weighted by atomic mass is 32.2. The minimum atomic E-state index is -5.20. The second-order valence-corrected chi connectivity index (χ2v) is 18.8. The van der Waals surface area contributed by atoms with Gasteiger partial charge in [0, 0.05) is 0 Å². The highest BCUT2D eigenvalue weighted by Gasteiger charge is 2.42. The fraction of sp³-hybridized carbons (Fsp3) is 0.471. The Morgan fingerprint density at radius 1 is 0.591 bits per heavy atom. The largest absolute Gasteiger partial charge is 0.295 e. The summed E-state index contributed by atoms with van der Waals surface area (Å²) in [6, 6.07) is 9.28. The Kier molecular flexibility index (Phi) is 9.81. The van der Waals surface area contributed by atoms with E-state index in [-0.39, 0.29) is 33.1 Å². The van der Waals surface area contributed by atoms with Crippen molar-refractivity contribution in [2.75, 3.05) is 0 Å². The highest BCUT2D eigenvalue weighted by Crippen LogP contribution is 2.46. The van der Waals surface area contributed by atoms with Crippen LogP contribution >= 0.6 is 0 Å². The van der Waals surface area contributed by atoms with Crippen molar-refractivity contribution >= 4 is 29.8 Å². The summed E-state index contributed by atoms with van der Waals surface area (Å²) in [4.78, 5) is -2.75. The number of benzene rings is 3. The summed E-state index contributed by atoms with van der Waals surface area (Å²) in [5.74, 6) is -0.431. The summed E-state index contributed by atoms with van der Waals surface area (Å²) >= 11 is 0. The van der Waals surface area contributed by atoms with Gasteiger partial charge in [-0.05, 0) is 83.4 Å². The second kappa shape index (κ2) is 12.0. The van der Waals surface area contributed by atoms with E-state index in [9.17, 15) is 21.4 Å². The zero-order valence-electron chi connectivity index (χ0n) is 27.8. The zero-order chi connectivity index (χ0) is 33.9. The topological polar surface area (TPSA) is 123 Å². The lowest BCUT2D eigenvalue weighted by Crippen LogP contribution is -2.25. The lowest BCUT2D eigenvalue weighted by Gasteiger charge is -2.29. The van der Waals surface area contributed by atoms with E-state index in [0.717, 1.165) is 17.2 Å². The minimum Gasteiger partial charge on any atom is -0.282 e. The molecule has 0 radical (unpaired) electrons. The molecule has 0 bridgehead atoms. The van der Waals surface area contributed by atoms with Crippen molar-refractivity contribution in [1.29, 1.82) is 0 Å². The SMILES string of the molecule is Cc1cc(C)c(S(=O)(=O)c2c(S(=O)(=O)O)ccc(C(C)(C)C)c2S(=O)(=O)c2c(C(C)C)cc(C(C)C)cc2C(C)C)c(C)c1. The molecule has 3 aromatic rings. The molecule has 7 nitrogen and oxygen atoms in total. The van der Waals surface area contributed by atoms with Crippen LogP contribution in [0, 0.1) is 20.8 Å². The standard InChI is InChI=1S/C34H46O7S3/c1-19(2)25-17-26(20(3)4)31(27(18-25)21(5)6)43(37,38)32-28(34(10,11)12)13-14-29(44(39,40)41)33(32)42(35,36)30-23(8)15-22(7)16-24(30)9/h13-21H,1-12H3,(H,39,40,41). The van der Waals surface area contributed by atoms with E-state index in [1.165, 1.54) is 6.07 Å². The first kappa shape index (κ1) is 35.9. The molecule has 0 heterocycles. The van der Waals surface area contributed by atoms with Crippen LogP contribution in [0.15, 0.2) is 60.9 Å². The van der Waals surface area contributed by atoms with Crippen LogP contribution in [0.4, 0.5) is 0 Å². The number of sulfone groups is 2. The predicted octanol–water partition coefficient (Wildman–Crippen LogP) is 8.19. The first-order valence-corrected chi connectivity index (χ1v) is 19.2. The molecule has 0 saturated carbocycles. The van der Waals surface area contributed by atoms with Gasteiger partial charge in [0.15, 0.2) is 0 Å². The van der Waals surface area contributed by atoms with Gasteiger partial charge in [-0.25, -0.2) is 16.8 Å². The van der Waals surface area contributed by atoms with Crippen molar-refractivity contribution in [2.45, 2.75) is 131 Å². The van der Waals surface area contributed by atoms with E-state index in [2.05, 4.69) is 0 Å². The van der Waals surface area contributed by atoms with E-state index in [0.29, 0.717) is 22.3 Å². The van der Waals surface area contributed by atoms with Gasteiger partial charge in [-0.2, -0.15) is 8.42 Å². The molecule has 3 aromatic carbocycles. The van der Waals surface area contributed by atoms with Crippen LogP contribution in [0.25, 0.3) is 0 Å². The number of hydrogen-bond acceptors (Lipinski definition) is 6. The molecule has 1 N–H and O–H groups in total. The molecule has 0 aromatic heterocycles. The number of rotatable bonds is 8. The van der Waals surface area contributed by atoms with Crippen LogP contribution in [0.2, 0.25) is 0 Å². The molecule has 242 valence electrons. The Hall–Kier alpha value is -2.53. The van der Waals surface area contributed by atoms with E-state index < -0.39 is 49.9 Å². The van der Waals surface area contributed by atoms with Crippen LogP contribution in [0.3, 0.4) is 0 Å². The van der Waals surface area contributed by atoms with E-state index in [1.54, 1.807) is 53.7 Å². The van der Waals surface area contributed by atoms with E-state index in [1.807, 2.05) is 53.7 Å². The summed E-state index contributed by atoms with van der Waals surface area (Å²) in [5, 5.41) is 0. The summed E-state index contributed by atoms with van der Waals surface area (Å²) in [5.41, 5.74) is 2.63. The molecule has 3 rings (SSSR count). The Balaban J connectivity index is 2.79. The summed E-state index contributed by atoms with van der Waals surface area (Å²) in [6.07, 6.45) is 0. The fourth-order valence-corrected chi connectivity index (χ4v) is 12.1. The van der Waals surface area contributed by atoms with Gasteiger partial charge < -0.3 is 0 Å². The fourth-order valence-electron chi connectivity index (χ4n) is 5.85. The van der Waals surface area contributed by atoms with Crippen molar-refractivity contribution in [3.8, 4) is 0 Å². The van der Waals surface area contributed by atoms with Gasteiger partial charge in [-0.1, -0.05) is 98.2 Å². The maximum atomic E-state index is 15.3. The molecule has 0 fully saturated rings. The van der Waals surface area contributed by atoms with Crippen molar-refractivity contribution in [3.63, 3.8) is 0 Å². The van der Waals surface area contributed by atoms with Gasteiger partial charge >= 0.3 is 0 Å². The van der Waals surface area contributed by atoms with Crippen molar-refractivity contribution < 1.29 is 29.8 Å². The molecule has 44 heavy (non-hydrogen) atoms. The average Bonchev–Trinajstić information content (AvgIpc) is 2.84. The van der Waals surface area contributed by atoms with Gasteiger partial charge in [-0.15, -0.1) is 0 Å². The lowest BCUT2D eigenvalue weighted by molar-refractivity contribution is 0.477. The van der Waals surface area contributed by atoms with Crippen molar-refractivity contribution in [1.82, 2.24) is 0 Å². The molecule has 0 atom stereocenters. The first-order valence-electron chi connectivity index (χ1n) is 14.8. The van der Waals surface area contributed by atoms with Crippen LogP contribution in [-0.2, 0) is 35.2 Å². The predicted molar refractivity (Wildman–Crippen MR) is 175 cm³/mol. The second-order valence-electron chi connectivity index (χ2n) is 13.7. The molecule has 0 spiro atoms. The third-order valence-corrected chi connectivity index (χ3v) is 13.2. The quantitative estimate of drug-likeness (QED) is 0.241. The average molecular weight is 663 g/mol. The van der Waals surface area contributed by atoms with Crippen LogP contribution in [-0.4, -0.2) is 29.8 Å². The molecule has 0 saturated heterocycles. The van der Waals surface area contributed by atoms with E-state index >= 15 is 8.42 Å². The van der Waals surface area contributed by atoms with Crippen molar-refractivity contribution in [2.24, 2.45) is 0 Å². The Bertz CT molecular complexity index is 1890. The maximum Gasteiger partial charge on any atom is 0.295 e. The molecule has 0 aliphatic carbocycles. The Labute approximate surface area is 264 Å². The smallest absolute Gasteiger partial charge is 0.282 e. The molecule has 0 unspecified atom stereocenters. The highest BCUT2D eigenvalue weighted by molar-refractivity contribution is 7.95. The Morgan fingerprint density at radius 2 is 1.02 bits per heavy atom. The van der Waals surface area contributed by atoms with Gasteiger partial charge in [0.2, 0.25) is 19.7 Å². The Morgan fingerprint density at radius 3 is 1.39 bits per heavy atom. The minimum absolute atomic E-state index is 0.0290. The molecular formula is C34H46O7S3. The normalized spacial score (nSPS) is 13.4. The third-order valence-electron chi connectivity index (χ3n) is 7.92. The number of hydrogen-bond donors (Lipinski definition) is 1. The molecule has 10 heteroatoms. The van der Waals surface area contributed by atoms with E-state index in [4.69, 9.17) is 0 Å². The maximum absolute atomic E-state index is 15.3. The monoisotopic (exact) mass is 662 g/mol. The lowest BCUT2D eigenvalue weighted by atomic mass is 9.87. The molecule has 0 aliphatic rings.